The molecule has 0 aliphatic heterocycles. The monoisotopic (exact) mass is 321 g/mol. The molecule has 2 N–H and O–H groups in total. The van der Waals surface area contributed by atoms with Gasteiger partial charge in [-0.1, -0.05) is 36.4 Å². The van der Waals surface area contributed by atoms with Gasteiger partial charge in [0, 0.05) is 17.6 Å². The lowest BCUT2D eigenvalue weighted by Crippen LogP contribution is -2.07. The molecule has 24 heavy (non-hydrogen) atoms. The SMILES string of the molecule is O=C(O)c1ccc(NCCCOc2cccc3ccccc23)cc1. The molecule has 122 valence electrons. The molecule has 0 radical (unpaired) electrons. The molecule has 3 rings (SSSR count). The van der Waals surface area contributed by atoms with Gasteiger partial charge >= 0.3 is 5.97 Å². The molecule has 0 aliphatic rings. The standard InChI is InChI=1S/C20H19NO3/c22-20(23)16-9-11-17(12-10-16)21-13-4-14-24-19-8-3-6-15-5-1-2-7-18(15)19/h1-3,5-12,21H,4,13-14H2,(H,22,23). The van der Waals surface area contributed by atoms with Gasteiger partial charge in [0.2, 0.25) is 0 Å². The van der Waals surface area contributed by atoms with Gasteiger partial charge in [0.15, 0.2) is 0 Å². The molecule has 4 heteroatoms. The number of aromatic carboxylic acids is 1. The molecule has 0 fully saturated rings. The van der Waals surface area contributed by atoms with E-state index in [0.717, 1.165) is 29.8 Å². The smallest absolute Gasteiger partial charge is 0.335 e. The first-order chi connectivity index (χ1) is 11.7. The maximum atomic E-state index is 10.8. The molecule has 0 atom stereocenters. The number of anilines is 1. The first kappa shape index (κ1) is 15.9. The second kappa shape index (κ2) is 7.51. The van der Waals surface area contributed by atoms with Crippen molar-refractivity contribution in [1.29, 1.82) is 0 Å². The Hall–Kier alpha value is -3.01. The molecule has 4 nitrogen and oxygen atoms in total. The quantitative estimate of drug-likeness (QED) is 0.633. The Bertz CT molecular complexity index is 822. The van der Waals surface area contributed by atoms with Crippen LogP contribution >= 0.6 is 0 Å². The summed E-state index contributed by atoms with van der Waals surface area (Å²) in [6, 6.07) is 21.0. The summed E-state index contributed by atoms with van der Waals surface area (Å²) in [6.07, 6.45) is 0.851. The van der Waals surface area contributed by atoms with Crippen LogP contribution in [0.25, 0.3) is 10.8 Å². The fourth-order valence-electron chi connectivity index (χ4n) is 2.54. The molecular formula is C20H19NO3. The van der Waals surface area contributed by atoms with Crippen molar-refractivity contribution in [2.24, 2.45) is 0 Å². The van der Waals surface area contributed by atoms with Crippen molar-refractivity contribution in [2.45, 2.75) is 6.42 Å². The predicted molar refractivity (Wildman–Crippen MR) is 96.0 cm³/mol. The third-order valence-corrected chi connectivity index (χ3v) is 3.79. The van der Waals surface area contributed by atoms with Crippen molar-refractivity contribution in [3.05, 3.63) is 72.3 Å². The van der Waals surface area contributed by atoms with E-state index in [0.29, 0.717) is 12.2 Å². The molecule has 3 aromatic rings. The molecule has 0 aliphatic carbocycles. The lowest BCUT2D eigenvalue weighted by atomic mass is 10.1. The molecule has 0 heterocycles. The van der Waals surface area contributed by atoms with Gasteiger partial charge in [0.1, 0.15) is 5.75 Å². The summed E-state index contributed by atoms with van der Waals surface area (Å²) in [5.41, 5.74) is 1.20. The molecule has 0 spiro atoms. The highest BCUT2D eigenvalue weighted by atomic mass is 16.5. The van der Waals surface area contributed by atoms with Crippen LogP contribution in [0.3, 0.4) is 0 Å². The van der Waals surface area contributed by atoms with E-state index in [9.17, 15) is 4.79 Å². The number of hydrogen-bond donors (Lipinski definition) is 2. The fourth-order valence-corrected chi connectivity index (χ4v) is 2.54. The number of ether oxygens (including phenoxy) is 1. The van der Waals surface area contributed by atoms with Gasteiger partial charge in [-0.25, -0.2) is 4.79 Å². The van der Waals surface area contributed by atoms with E-state index in [2.05, 4.69) is 23.5 Å². The minimum atomic E-state index is -0.912. The van der Waals surface area contributed by atoms with Crippen molar-refractivity contribution < 1.29 is 14.6 Å². The molecule has 0 aromatic heterocycles. The summed E-state index contributed by atoms with van der Waals surface area (Å²) in [5.74, 6) is -0.0102. The highest BCUT2D eigenvalue weighted by Crippen LogP contribution is 2.25. The van der Waals surface area contributed by atoms with Gasteiger partial charge < -0.3 is 15.2 Å². The fraction of sp³-hybridized carbons (Fsp3) is 0.150. The molecule has 0 saturated carbocycles. The number of rotatable bonds is 7. The van der Waals surface area contributed by atoms with E-state index in [-0.39, 0.29) is 0 Å². The van der Waals surface area contributed by atoms with Gasteiger partial charge in [0.25, 0.3) is 0 Å². The maximum absolute atomic E-state index is 10.8. The number of hydrogen-bond acceptors (Lipinski definition) is 3. The van der Waals surface area contributed by atoms with Crippen molar-refractivity contribution in [2.75, 3.05) is 18.5 Å². The van der Waals surface area contributed by atoms with E-state index >= 15 is 0 Å². The Labute approximate surface area is 140 Å². The first-order valence-electron chi connectivity index (χ1n) is 7.92. The third kappa shape index (κ3) is 3.84. The average molecular weight is 321 g/mol. The Kier molecular flexibility index (Phi) is 4.96. The van der Waals surface area contributed by atoms with E-state index < -0.39 is 5.97 Å². The van der Waals surface area contributed by atoms with Gasteiger partial charge in [0.05, 0.1) is 12.2 Å². The minimum absolute atomic E-state index is 0.292. The van der Waals surface area contributed by atoms with Crippen molar-refractivity contribution in [3.63, 3.8) is 0 Å². The molecule has 0 saturated heterocycles. The van der Waals surface area contributed by atoms with Crippen LogP contribution in [0, 0.1) is 0 Å². The molecule has 0 bridgehead atoms. The number of carboxylic acids is 1. The van der Waals surface area contributed by atoms with E-state index in [4.69, 9.17) is 9.84 Å². The predicted octanol–water partition coefficient (Wildman–Crippen LogP) is 4.42. The second-order valence-corrected chi connectivity index (χ2v) is 5.49. The summed E-state index contributed by atoms with van der Waals surface area (Å²) < 4.78 is 5.89. The molecular weight excluding hydrogens is 302 g/mol. The highest BCUT2D eigenvalue weighted by Gasteiger charge is 2.02. The Morgan fingerprint density at radius 3 is 2.50 bits per heavy atom. The Morgan fingerprint density at radius 1 is 0.958 bits per heavy atom. The summed E-state index contributed by atoms with van der Waals surface area (Å²) in [6.45, 7) is 1.38. The summed E-state index contributed by atoms with van der Waals surface area (Å²) in [4.78, 5) is 10.8. The van der Waals surface area contributed by atoms with Gasteiger partial charge in [-0.05, 0) is 42.1 Å². The zero-order valence-corrected chi connectivity index (χ0v) is 13.2. The van der Waals surface area contributed by atoms with Crippen LogP contribution in [-0.2, 0) is 0 Å². The van der Waals surface area contributed by atoms with Crippen molar-refractivity contribution in [3.8, 4) is 5.75 Å². The van der Waals surface area contributed by atoms with Crippen LogP contribution in [0.15, 0.2) is 66.7 Å². The lowest BCUT2D eigenvalue weighted by molar-refractivity contribution is 0.0697. The van der Waals surface area contributed by atoms with Gasteiger partial charge in [-0.15, -0.1) is 0 Å². The number of benzene rings is 3. The van der Waals surface area contributed by atoms with Gasteiger partial charge in [-0.3, -0.25) is 0 Å². The lowest BCUT2D eigenvalue weighted by Gasteiger charge is -2.10. The second-order valence-electron chi connectivity index (χ2n) is 5.49. The zero-order chi connectivity index (χ0) is 16.8. The number of nitrogens with one attached hydrogen (secondary N) is 1. The number of carboxylic acid groups (broad SMARTS) is 1. The van der Waals surface area contributed by atoms with Crippen LogP contribution in [-0.4, -0.2) is 24.2 Å². The minimum Gasteiger partial charge on any atom is -0.493 e. The molecule has 3 aromatic carbocycles. The topological polar surface area (TPSA) is 58.6 Å². The largest absolute Gasteiger partial charge is 0.493 e. The third-order valence-electron chi connectivity index (χ3n) is 3.79. The van der Waals surface area contributed by atoms with E-state index in [1.807, 2.05) is 24.3 Å². The van der Waals surface area contributed by atoms with E-state index in [1.54, 1.807) is 24.3 Å². The van der Waals surface area contributed by atoms with Crippen LogP contribution in [0.5, 0.6) is 5.75 Å². The van der Waals surface area contributed by atoms with Crippen LogP contribution in [0.1, 0.15) is 16.8 Å². The molecule has 0 amide bonds. The van der Waals surface area contributed by atoms with Crippen LogP contribution < -0.4 is 10.1 Å². The first-order valence-corrected chi connectivity index (χ1v) is 7.92. The zero-order valence-electron chi connectivity index (χ0n) is 13.2. The summed E-state index contributed by atoms with van der Waals surface area (Å²) in [7, 11) is 0. The average Bonchev–Trinajstić information content (AvgIpc) is 2.62. The van der Waals surface area contributed by atoms with Crippen LogP contribution in [0.2, 0.25) is 0 Å². The molecule has 0 unspecified atom stereocenters. The number of carbonyl (C=O) groups is 1. The van der Waals surface area contributed by atoms with Crippen molar-refractivity contribution in [1.82, 2.24) is 0 Å². The Balaban J connectivity index is 1.47. The highest BCUT2D eigenvalue weighted by molar-refractivity contribution is 5.88. The summed E-state index contributed by atoms with van der Waals surface area (Å²) >= 11 is 0. The van der Waals surface area contributed by atoms with Crippen molar-refractivity contribution >= 4 is 22.4 Å². The van der Waals surface area contributed by atoms with Crippen LogP contribution in [0.4, 0.5) is 5.69 Å². The summed E-state index contributed by atoms with van der Waals surface area (Å²) in [5, 5.41) is 14.4. The van der Waals surface area contributed by atoms with E-state index in [1.165, 1.54) is 5.39 Å². The normalized spacial score (nSPS) is 10.5. The number of fused-ring (bicyclic) bond motifs is 1. The Morgan fingerprint density at radius 2 is 1.71 bits per heavy atom. The maximum Gasteiger partial charge on any atom is 0.335 e. The van der Waals surface area contributed by atoms with Gasteiger partial charge in [-0.2, -0.15) is 0 Å².